The monoisotopic (exact) mass is 1010 g/mol. The van der Waals surface area contributed by atoms with Crippen molar-refractivity contribution in [3.8, 4) is 0 Å². The van der Waals surface area contributed by atoms with Gasteiger partial charge in [0.05, 0.1) is 25.4 Å². The molecular weight excluding hydrogens is 887 g/mol. The second kappa shape index (κ2) is 61.9. The van der Waals surface area contributed by atoms with Crippen LogP contribution in [0.4, 0.5) is 0 Å². The summed E-state index contributed by atoms with van der Waals surface area (Å²) in [5, 5.41) is 23.4. The molecule has 6 nitrogen and oxygen atoms in total. The van der Waals surface area contributed by atoms with Crippen LogP contribution >= 0.6 is 0 Å². The molecule has 0 radical (unpaired) electrons. The molecule has 3 N–H and O–H groups in total. The molecule has 0 aliphatic heterocycles. The van der Waals surface area contributed by atoms with Crippen LogP contribution in [0.5, 0.6) is 0 Å². The van der Waals surface area contributed by atoms with Gasteiger partial charge in [0.25, 0.3) is 0 Å². The second-order valence-corrected chi connectivity index (χ2v) is 22.5. The van der Waals surface area contributed by atoms with Gasteiger partial charge in [0, 0.05) is 12.8 Å². The summed E-state index contributed by atoms with van der Waals surface area (Å²) < 4.78 is 5.48. The Bertz CT molecular complexity index is 1120. The summed E-state index contributed by atoms with van der Waals surface area (Å²) >= 11 is 0. The van der Waals surface area contributed by atoms with Gasteiger partial charge in [-0.25, -0.2) is 0 Å². The molecule has 72 heavy (non-hydrogen) atoms. The number of hydrogen-bond donors (Lipinski definition) is 3. The molecular formula is C66H127NO5. The van der Waals surface area contributed by atoms with E-state index < -0.39 is 12.1 Å². The van der Waals surface area contributed by atoms with Crippen LogP contribution in [-0.4, -0.2) is 47.4 Å². The van der Waals surface area contributed by atoms with Crippen molar-refractivity contribution in [3.05, 3.63) is 24.3 Å². The molecule has 0 aromatic rings. The van der Waals surface area contributed by atoms with Gasteiger partial charge in [-0.3, -0.25) is 9.59 Å². The number of hydrogen-bond acceptors (Lipinski definition) is 5. The van der Waals surface area contributed by atoms with Gasteiger partial charge in [-0.2, -0.15) is 0 Å². The topological polar surface area (TPSA) is 95.9 Å². The summed E-state index contributed by atoms with van der Waals surface area (Å²) in [5.41, 5.74) is 0. The van der Waals surface area contributed by atoms with Crippen molar-refractivity contribution < 1.29 is 24.5 Å². The smallest absolute Gasteiger partial charge is 0.305 e. The molecule has 0 aliphatic carbocycles. The number of carbonyl (C=O) groups excluding carboxylic acids is 2. The van der Waals surface area contributed by atoms with Crippen molar-refractivity contribution in [2.45, 2.75) is 373 Å². The molecule has 0 rings (SSSR count). The average molecular weight is 1010 g/mol. The zero-order valence-electron chi connectivity index (χ0n) is 48.7. The number of aliphatic hydroxyl groups is 2. The standard InChI is InChI=1S/C66H127NO5/c1-3-5-7-9-11-13-15-17-19-21-22-23-24-25-26-27-30-34-38-42-46-50-54-58-64(69)63(62-68)67-65(70)59-55-51-47-43-39-35-31-28-29-33-37-41-45-49-53-57-61-72-66(71)60-56-52-48-44-40-36-32-20-18-16-14-12-10-8-6-4-2/h14,16,20,32,63-64,68-69H,3-13,15,17-19,21-31,33-62H2,1-2H3,(H,67,70)/b16-14-,32-20-. The lowest BCUT2D eigenvalue weighted by Crippen LogP contribution is -2.45. The zero-order valence-corrected chi connectivity index (χ0v) is 48.7. The molecule has 0 aromatic carbocycles. The minimum absolute atomic E-state index is 0.00923. The summed E-state index contributed by atoms with van der Waals surface area (Å²) in [6, 6.07) is -0.548. The van der Waals surface area contributed by atoms with E-state index >= 15 is 0 Å². The minimum Gasteiger partial charge on any atom is -0.466 e. The Morgan fingerprint density at radius 2 is 0.694 bits per heavy atom. The number of unbranched alkanes of at least 4 members (excludes halogenated alkanes) is 46. The molecule has 2 atom stereocenters. The number of carbonyl (C=O) groups is 2. The molecule has 1 amide bonds. The van der Waals surface area contributed by atoms with Gasteiger partial charge in [-0.05, 0) is 57.8 Å². The molecule has 2 unspecified atom stereocenters. The third-order valence-corrected chi connectivity index (χ3v) is 15.3. The van der Waals surface area contributed by atoms with Crippen LogP contribution in [0.15, 0.2) is 24.3 Å². The van der Waals surface area contributed by atoms with Gasteiger partial charge in [0.15, 0.2) is 0 Å². The minimum atomic E-state index is -0.671. The van der Waals surface area contributed by atoms with E-state index in [1.807, 2.05) is 0 Å². The lowest BCUT2D eigenvalue weighted by atomic mass is 10.0. The summed E-state index contributed by atoms with van der Waals surface area (Å²) in [7, 11) is 0. The number of ether oxygens (including phenoxy) is 1. The molecule has 0 heterocycles. The van der Waals surface area contributed by atoms with E-state index in [0.29, 0.717) is 25.9 Å². The van der Waals surface area contributed by atoms with E-state index in [4.69, 9.17) is 4.74 Å². The highest BCUT2D eigenvalue weighted by molar-refractivity contribution is 5.76. The quantitative estimate of drug-likeness (QED) is 0.0320. The molecule has 0 saturated carbocycles. The van der Waals surface area contributed by atoms with Crippen LogP contribution in [0.3, 0.4) is 0 Å². The number of allylic oxidation sites excluding steroid dienone is 4. The Morgan fingerprint density at radius 3 is 1.07 bits per heavy atom. The number of rotatable bonds is 61. The van der Waals surface area contributed by atoms with Gasteiger partial charge < -0.3 is 20.3 Å². The maximum absolute atomic E-state index is 12.5. The van der Waals surface area contributed by atoms with Crippen LogP contribution < -0.4 is 5.32 Å². The van der Waals surface area contributed by atoms with Crippen molar-refractivity contribution in [3.63, 3.8) is 0 Å². The second-order valence-electron chi connectivity index (χ2n) is 22.5. The normalized spacial score (nSPS) is 12.7. The average Bonchev–Trinajstić information content (AvgIpc) is 3.38. The van der Waals surface area contributed by atoms with Crippen LogP contribution in [-0.2, 0) is 14.3 Å². The Kier molecular flexibility index (Phi) is 60.5. The number of nitrogens with one attached hydrogen (secondary N) is 1. The Morgan fingerprint density at radius 1 is 0.389 bits per heavy atom. The zero-order chi connectivity index (χ0) is 52.2. The van der Waals surface area contributed by atoms with Crippen LogP contribution in [0.2, 0.25) is 0 Å². The molecule has 0 aliphatic rings. The van der Waals surface area contributed by atoms with Gasteiger partial charge in [0.2, 0.25) is 5.91 Å². The Hall–Kier alpha value is -1.66. The Labute approximate surface area is 450 Å². The van der Waals surface area contributed by atoms with E-state index in [9.17, 15) is 19.8 Å². The Balaban J connectivity index is 3.42. The summed E-state index contributed by atoms with van der Waals surface area (Å²) in [6.07, 6.45) is 76.2. The lowest BCUT2D eigenvalue weighted by Gasteiger charge is -2.22. The molecule has 426 valence electrons. The predicted molar refractivity (Wildman–Crippen MR) is 315 cm³/mol. The van der Waals surface area contributed by atoms with Gasteiger partial charge >= 0.3 is 5.97 Å². The van der Waals surface area contributed by atoms with Crippen molar-refractivity contribution in [2.75, 3.05) is 13.2 Å². The first-order valence-electron chi connectivity index (χ1n) is 32.6. The van der Waals surface area contributed by atoms with Gasteiger partial charge in [-0.1, -0.05) is 314 Å². The van der Waals surface area contributed by atoms with E-state index in [2.05, 4.69) is 43.5 Å². The molecule has 0 spiro atoms. The van der Waals surface area contributed by atoms with E-state index in [-0.39, 0.29) is 18.5 Å². The van der Waals surface area contributed by atoms with Crippen LogP contribution in [0.25, 0.3) is 0 Å². The van der Waals surface area contributed by atoms with Crippen LogP contribution in [0, 0.1) is 0 Å². The van der Waals surface area contributed by atoms with E-state index in [1.54, 1.807) is 0 Å². The number of esters is 1. The first-order chi connectivity index (χ1) is 35.5. The third kappa shape index (κ3) is 57.6. The largest absolute Gasteiger partial charge is 0.466 e. The molecule has 0 fully saturated rings. The van der Waals surface area contributed by atoms with Gasteiger partial charge in [-0.15, -0.1) is 0 Å². The highest BCUT2D eigenvalue weighted by Crippen LogP contribution is 2.18. The highest BCUT2D eigenvalue weighted by atomic mass is 16.5. The molecule has 0 aromatic heterocycles. The maximum atomic E-state index is 12.5. The first kappa shape index (κ1) is 70.3. The fraction of sp³-hybridized carbons (Fsp3) is 0.909. The maximum Gasteiger partial charge on any atom is 0.305 e. The molecule has 0 bridgehead atoms. The first-order valence-corrected chi connectivity index (χ1v) is 32.6. The summed E-state index contributed by atoms with van der Waals surface area (Å²) in [6.45, 7) is 4.95. The van der Waals surface area contributed by atoms with Crippen LogP contribution in [0.1, 0.15) is 361 Å². The van der Waals surface area contributed by atoms with Crippen molar-refractivity contribution in [1.82, 2.24) is 5.32 Å². The summed E-state index contributed by atoms with van der Waals surface area (Å²) in [5.74, 6) is -0.0475. The highest BCUT2D eigenvalue weighted by Gasteiger charge is 2.20. The van der Waals surface area contributed by atoms with E-state index in [0.717, 1.165) is 51.4 Å². The lowest BCUT2D eigenvalue weighted by molar-refractivity contribution is -0.143. The fourth-order valence-corrected chi connectivity index (χ4v) is 10.3. The van der Waals surface area contributed by atoms with Gasteiger partial charge in [0.1, 0.15) is 0 Å². The van der Waals surface area contributed by atoms with Crippen molar-refractivity contribution in [2.24, 2.45) is 0 Å². The fourth-order valence-electron chi connectivity index (χ4n) is 10.3. The number of amides is 1. The predicted octanol–water partition coefficient (Wildman–Crippen LogP) is 20.6. The number of aliphatic hydroxyl groups excluding tert-OH is 2. The van der Waals surface area contributed by atoms with Crippen molar-refractivity contribution >= 4 is 11.9 Å². The molecule has 0 saturated heterocycles. The SMILES string of the molecule is CCCCCC/C=C\C/C=C\CCCCCCCC(=O)OCCCCCCCCCCCCCCCCCCC(=O)NC(CO)C(O)CCCCCCCCCCCCCCCCCCCCCCCCC. The molecule has 6 heteroatoms. The van der Waals surface area contributed by atoms with E-state index in [1.165, 1.54) is 276 Å². The summed E-state index contributed by atoms with van der Waals surface area (Å²) in [4.78, 5) is 24.6. The third-order valence-electron chi connectivity index (χ3n) is 15.3. The van der Waals surface area contributed by atoms with Crippen molar-refractivity contribution in [1.29, 1.82) is 0 Å².